The molecule has 0 aliphatic rings. The van der Waals surface area contributed by atoms with Crippen LogP contribution in [0.15, 0.2) is 57.4 Å². The molecule has 0 fully saturated rings. The molecule has 2 nitrogen and oxygen atoms in total. The average molecular weight is 483 g/mol. The third kappa shape index (κ3) is 5.48. The van der Waals surface area contributed by atoms with E-state index in [4.69, 9.17) is 8.83 Å². The summed E-state index contributed by atoms with van der Waals surface area (Å²) in [6.45, 7) is 4.55. The number of aryl methyl sites for hydroxylation is 2. The Morgan fingerprint density at radius 2 is 0.861 bits per heavy atom. The molecule has 0 N–H and O–H groups in total. The Morgan fingerprint density at radius 3 is 1.31 bits per heavy atom. The Balaban J connectivity index is 1.35. The van der Waals surface area contributed by atoms with Crippen LogP contribution >= 0.6 is 0 Å². The molecule has 2 heteroatoms. The van der Waals surface area contributed by atoms with Gasteiger partial charge in [-0.2, -0.15) is 0 Å². The Bertz CT molecular complexity index is 1310. The second kappa shape index (κ2) is 12.0. The summed E-state index contributed by atoms with van der Waals surface area (Å²) >= 11 is 0. The average Bonchev–Trinajstić information content (AvgIpc) is 3.46. The number of hydrogen-bond donors (Lipinski definition) is 0. The van der Waals surface area contributed by atoms with Gasteiger partial charge in [-0.15, -0.1) is 0 Å². The third-order valence-electron chi connectivity index (χ3n) is 7.84. The number of fused-ring (bicyclic) bond motifs is 7. The molecule has 0 atom stereocenters. The molecule has 2 heterocycles. The molecule has 2 aromatic heterocycles. The number of furan rings is 2. The molecule has 5 rings (SSSR count). The maximum Gasteiger partial charge on any atom is 0.178 e. The fourth-order valence-electron chi connectivity index (χ4n) is 5.69. The van der Waals surface area contributed by atoms with Gasteiger partial charge in [0, 0.05) is 21.5 Å². The van der Waals surface area contributed by atoms with Crippen LogP contribution in [-0.2, 0) is 12.8 Å². The minimum Gasteiger partial charge on any atom is -0.452 e. The van der Waals surface area contributed by atoms with Crippen molar-refractivity contribution in [2.45, 2.75) is 104 Å². The van der Waals surface area contributed by atoms with Crippen LogP contribution in [0.25, 0.3) is 43.9 Å². The Hall–Kier alpha value is -2.74. The maximum atomic E-state index is 6.37. The normalized spacial score (nSPS) is 12.1. The van der Waals surface area contributed by atoms with Crippen LogP contribution in [0, 0.1) is 0 Å². The van der Waals surface area contributed by atoms with E-state index in [0.717, 1.165) is 45.9 Å². The van der Waals surface area contributed by atoms with Crippen LogP contribution in [0.4, 0.5) is 0 Å². The van der Waals surface area contributed by atoms with Gasteiger partial charge in [0.1, 0.15) is 11.2 Å². The molecule has 0 radical (unpaired) electrons. The van der Waals surface area contributed by atoms with E-state index in [2.05, 4.69) is 62.4 Å². The lowest BCUT2D eigenvalue weighted by molar-refractivity contribution is 0.607. The fourth-order valence-corrected chi connectivity index (χ4v) is 5.69. The zero-order valence-corrected chi connectivity index (χ0v) is 22.3. The van der Waals surface area contributed by atoms with Gasteiger partial charge in [-0.05, 0) is 73.2 Å². The Kier molecular flexibility index (Phi) is 8.31. The van der Waals surface area contributed by atoms with Gasteiger partial charge in [-0.25, -0.2) is 0 Å². The molecule has 0 bridgehead atoms. The quantitative estimate of drug-likeness (QED) is 0.147. The van der Waals surface area contributed by atoms with Gasteiger partial charge >= 0.3 is 0 Å². The highest BCUT2D eigenvalue weighted by atomic mass is 16.4. The van der Waals surface area contributed by atoms with Crippen molar-refractivity contribution in [2.75, 3.05) is 0 Å². The molecular weight excluding hydrogens is 440 g/mol. The smallest absolute Gasteiger partial charge is 0.178 e. The lowest BCUT2D eigenvalue weighted by Crippen LogP contribution is -1.86. The molecule has 36 heavy (non-hydrogen) atoms. The van der Waals surface area contributed by atoms with Crippen molar-refractivity contribution in [2.24, 2.45) is 0 Å². The molecule has 0 unspecified atom stereocenters. The van der Waals surface area contributed by atoms with Gasteiger partial charge in [0.05, 0.1) is 0 Å². The Morgan fingerprint density at radius 1 is 0.444 bits per heavy atom. The van der Waals surface area contributed by atoms with Crippen LogP contribution in [0.2, 0.25) is 0 Å². The van der Waals surface area contributed by atoms with Crippen molar-refractivity contribution in [3.05, 3.63) is 59.7 Å². The van der Waals surface area contributed by atoms with E-state index in [0.29, 0.717) is 0 Å². The van der Waals surface area contributed by atoms with E-state index in [9.17, 15) is 0 Å². The van der Waals surface area contributed by atoms with Gasteiger partial charge in [0.15, 0.2) is 11.2 Å². The molecule has 0 aliphatic heterocycles. The zero-order valence-electron chi connectivity index (χ0n) is 22.3. The molecule has 0 saturated carbocycles. The van der Waals surface area contributed by atoms with Gasteiger partial charge in [-0.3, -0.25) is 0 Å². The van der Waals surface area contributed by atoms with Gasteiger partial charge in [-0.1, -0.05) is 90.2 Å². The van der Waals surface area contributed by atoms with Crippen LogP contribution in [-0.4, -0.2) is 0 Å². The second-order valence-electron chi connectivity index (χ2n) is 10.7. The van der Waals surface area contributed by atoms with Crippen LogP contribution in [0.5, 0.6) is 0 Å². The molecule has 3 aromatic carbocycles. The predicted molar refractivity (Wildman–Crippen MR) is 155 cm³/mol. The van der Waals surface area contributed by atoms with E-state index in [-0.39, 0.29) is 0 Å². The van der Waals surface area contributed by atoms with Crippen LogP contribution in [0.3, 0.4) is 0 Å². The first-order valence-corrected chi connectivity index (χ1v) is 14.6. The van der Waals surface area contributed by atoms with Crippen molar-refractivity contribution < 1.29 is 8.83 Å². The van der Waals surface area contributed by atoms with E-state index in [1.807, 2.05) is 0 Å². The summed E-state index contributed by atoms with van der Waals surface area (Å²) in [5, 5.41) is 4.74. The number of hydrogen-bond acceptors (Lipinski definition) is 2. The fraction of sp³-hybridized carbons (Fsp3) is 0.471. The first-order valence-electron chi connectivity index (χ1n) is 14.6. The molecule has 0 amide bonds. The van der Waals surface area contributed by atoms with E-state index >= 15 is 0 Å². The van der Waals surface area contributed by atoms with Crippen molar-refractivity contribution in [3.63, 3.8) is 0 Å². The van der Waals surface area contributed by atoms with E-state index in [1.54, 1.807) is 0 Å². The molecular formula is C34H42O2. The van der Waals surface area contributed by atoms with Crippen LogP contribution < -0.4 is 0 Å². The lowest BCUT2D eigenvalue weighted by Gasteiger charge is -2.02. The molecule has 0 spiro atoms. The van der Waals surface area contributed by atoms with Gasteiger partial charge < -0.3 is 8.83 Å². The summed E-state index contributed by atoms with van der Waals surface area (Å²) in [6.07, 6.45) is 18.3. The van der Waals surface area contributed by atoms with E-state index < -0.39 is 0 Å². The minimum atomic E-state index is 0.882. The molecule has 0 saturated heterocycles. The topological polar surface area (TPSA) is 26.3 Å². The number of rotatable bonds is 14. The lowest BCUT2D eigenvalue weighted by atomic mass is 10.0. The summed E-state index contributed by atoms with van der Waals surface area (Å²) < 4.78 is 12.7. The van der Waals surface area contributed by atoms with Crippen molar-refractivity contribution >= 4 is 43.9 Å². The predicted octanol–water partition coefficient (Wildman–Crippen LogP) is 11.3. The highest BCUT2D eigenvalue weighted by Crippen LogP contribution is 2.39. The molecule has 5 aromatic rings. The van der Waals surface area contributed by atoms with Crippen molar-refractivity contribution in [1.29, 1.82) is 0 Å². The highest BCUT2D eigenvalue weighted by Gasteiger charge is 2.16. The SMILES string of the molecule is CCCCCCCCc1ccc2oc3c(ccc4c5cc(CCCCCCCC)ccc5oc43)c2c1. The summed E-state index contributed by atoms with van der Waals surface area (Å²) in [5.74, 6) is 0. The summed E-state index contributed by atoms with van der Waals surface area (Å²) in [7, 11) is 0. The number of benzene rings is 3. The van der Waals surface area contributed by atoms with Crippen LogP contribution in [0.1, 0.15) is 102 Å². The largest absolute Gasteiger partial charge is 0.452 e. The first-order chi connectivity index (χ1) is 17.8. The minimum absolute atomic E-state index is 0.882. The maximum absolute atomic E-state index is 6.37. The zero-order chi connectivity index (χ0) is 24.7. The summed E-state index contributed by atoms with van der Waals surface area (Å²) in [5.41, 5.74) is 6.48. The van der Waals surface area contributed by atoms with Gasteiger partial charge in [0.2, 0.25) is 0 Å². The second-order valence-corrected chi connectivity index (χ2v) is 10.7. The van der Waals surface area contributed by atoms with Gasteiger partial charge in [0.25, 0.3) is 0 Å². The van der Waals surface area contributed by atoms with E-state index in [1.165, 1.54) is 98.9 Å². The standard InChI is InChI=1S/C34H42O2/c1-3-5-7-9-11-13-15-25-17-21-31-29(23-25)27-19-20-28-30-24-26(16-14-12-10-8-6-4-2)18-22-32(30)36-34(28)33(27)35-31/h17-24H,3-16H2,1-2H3. The summed E-state index contributed by atoms with van der Waals surface area (Å²) in [6, 6.07) is 17.9. The molecule has 190 valence electrons. The van der Waals surface area contributed by atoms with Crippen molar-refractivity contribution in [3.8, 4) is 0 Å². The third-order valence-corrected chi connectivity index (χ3v) is 7.84. The Labute approximate surface area is 216 Å². The van der Waals surface area contributed by atoms with Crippen molar-refractivity contribution in [1.82, 2.24) is 0 Å². The highest BCUT2D eigenvalue weighted by molar-refractivity contribution is 6.18. The molecule has 0 aliphatic carbocycles. The summed E-state index contributed by atoms with van der Waals surface area (Å²) in [4.78, 5) is 0. The monoisotopic (exact) mass is 482 g/mol. The number of unbranched alkanes of at least 4 members (excludes halogenated alkanes) is 10. The first kappa shape index (κ1) is 24.9.